The van der Waals surface area contributed by atoms with Crippen LogP contribution < -0.4 is 10.3 Å². The number of hydrogen-bond donors (Lipinski definition) is 0. The number of ether oxygens (including phenoxy) is 2. The first-order chi connectivity index (χ1) is 17.1. The number of methoxy groups -OCH3 is 1. The van der Waals surface area contributed by atoms with Crippen LogP contribution in [0.2, 0.25) is 0 Å². The van der Waals surface area contributed by atoms with Crippen molar-refractivity contribution in [1.29, 1.82) is 0 Å². The molecular weight excluding hydrogens is 465 g/mol. The highest BCUT2D eigenvalue weighted by atomic mass is 19.1. The Hall–Kier alpha value is -4.40. The largest absolute Gasteiger partial charge is 0.497 e. The molecule has 0 amide bonds. The van der Waals surface area contributed by atoms with Gasteiger partial charge in [-0.15, -0.1) is 0 Å². The van der Waals surface area contributed by atoms with Crippen molar-refractivity contribution in [3.8, 4) is 17.1 Å². The molecule has 2 aromatic carbocycles. The minimum absolute atomic E-state index is 0.233. The van der Waals surface area contributed by atoms with Crippen LogP contribution in [-0.4, -0.2) is 39.4 Å². The number of carbonyl (C=O) groups excluding carboxylic acids is 2. The molecule has 0 atom stereocenters. The molecular formula is C27H26FN3O5. The number of hydrogen-bond acceptors (Lipinski definition) is 5. The molecule has 0 unspecified atom stereocenters. The predicted octanol–water partition coefficient (Wildman–Crippen LogP) is 4.08. The minimum Gasteiger partial charge on any atom is -0.497 e. The molecule has 0 aliphatic rings. The Morgan fingerprint density at radius 1 is 0.944 bits per heavy atom. The molecule has 0 saturated carbocycles. The highest BCUT2D eigenvalue weighted by Gasteiger charge is 2.24. The zero-order chi connectivity index (χ0) is 26.1. The minimum atomic E-state index is -0.957. The fourth-order valence-electron chi connectivity index (χ4n) is 4.28. The number of Topliss-reactive ketones (excluding diaryl/α,β-unsaturated/α-hetero) is 1. The lowest BCUT2D eigenvalue weighted by atomic mass is 10.1. The Balaban J connectivity index is 1.62. The number of carbonyl (C=O) groups is 2. The highest BCUT2D eigenvalue weighted by molar-refractivity contribution is 6.00. The SMILES string of the molecule is COc1ccc(C(=O)OCC(=O)c2cc(C)n(-c3c(C)n(C)n(-c4ccccc4)c3=O)c2C)c(F)c1. The Morgan fingerprint density at radius 2 is 1.64 bits per heavy atom. The van der Waals surface area contributed by atoms with Crippen LogP contribution in [0, 0.1) is 26.6 Å². The van der Waals surface area contributed by atoms with E-state index in [-0.39, 0.29) is 16.9 Å². The fourth-order valence-corrected chi connectivity index (χ4v) is 4.28. The van der Waals surface area contributed by atoms with E-state index in [9.17, 15) is 18.8 Å². The number of nitrogens with zero attached hydrogens (tertiary/aromatic N) is 3. The van der Waals surface area contributed by atoms with Crippen molar-refractivity contribution in [2.45, 2.75) is 20.8 Å². The quantitative estimate of drug-likeness (QED) is 0.287. The summed E-state index contributed by atoms with van der Waals surface area (Å²) < 4.78 is 29.2. The van der Waals surface area contributed by atoms with Gasteiger partial charge in [-0.05, 0) is 51.1 Å². The first kappa shape index (κ1) is 24.7. The zero-order valence-corrected chi connectivity index (χ0v) is 20.7. The molecule has 4 aromatic rings. The van der Waals surface area contributed by atoms with E-state index in [1.807, 2.05) is 37.3 Å². The fraction of sp³-hybridized carbons (Fsp3) is 0.222. The number of esters is 1. The smallest absolute Gasteiger partial charge is 0.341 e. The summed E-state index contributed by atoms with van der Waals surface area (Å²) in [5.74, 6) is -1.97. The van der Waals surface area contributed by atoms with Crippen LogP contribution in [-0.2, 0) is 11.8 Å². The van der Waals surface area contributed by atoms with Gasteiger partial charge in [-0.2, -0.15) is 0 Å². The Kier molecular flexibility index (Phi) is 6.65. The van der Waals surface area contributed by atoms with Crippen molar-refractivity contribution in [2.75, 3.05) is 13.7 Å². The van der Waals surface area contributed by atoms with Crippen LogP contribution in [0.3, 0.4) is 0 Å². The second-order valence-electron chi connectivity index (χ2n) is 8.38. The van der Waals surface area contributed by atoms with Gasteiger partial charge in [0.25, 0.3) is 5.56 Å². The third kappa shape index (κ3) is 4.24. The third-order valence-corrected chi connectivity index (χ3v) is 6.21. The molecule has 0 bridgehead atoms. The van der Waals surface area contributed by atoms with Crippen molar-refractivity contribution in [2.24, 2.45) is 7.05 Å². The molecule has 0 aliphatic heterocycles. The van der Waals surface area contributed by atoms with E-state index >= 15 is 0 Å². The van der Waals surface area contributed by atoms with E-state index in [1.54, 1.807) is 40.9 Å². The van der Waals surface area contributed by atoms with Gasteiger partial charge in [0.15, 0.2) is 6.61 Å². The van der Waals surface area contributed by atoms with E-state index < -0.39 is 24.2 Å². The van der Waals surface area contributed by atoms with Crippen LogP contribution in [0.1, 0.15) is 37.8 Å². The second-order valence-corrected chi connectivity index (χ2v) is 8.38. The summed E-state index contributed by atoms with van der Waals surface area (Å²) in [5.41, 5.74) is 2.85. The molecule has 0 fully saturated rings. The first-order valence-corrected chi connectivity index (χ1v) is 11.2. The Bertz CT molecular complexity index is 1530. The topological polar surface area (TPSA) is 84.5 Å². The molecule has 0 aliphatic carbocycles. The van der Waals surface area contributed by atoms with Gasteiger partial charge in [0.2, 0.25) is 5.78 Å². The molecule has 0 spiro atoms. The van der Waals surface area contributed by atoms with Crippen LogP contribution >= 0.6 is 0 Å². The summed E-state index contributed by atoms with van der Waals surface area (Å²) in [6.45, 7) is 4.78. The summed E-state index contributed by atoms with van der Waals surface area (Å²) in [5, 5.41) is 0. The van der Waals surface area contributed by atoms with Crippen LogP contribution in [0.25, 0.3) is 11.4 Å². The number of para-hydroxylation sites is 1. The first-order valence-electron chi connectivity index (χ1n) is 11.2. The predicted molar refractivity (Wildman–Crippen MR) is 132 cm³/mol. The van der Waals surface area contributed by atoms with E-state index in [1.165, 1.54) is 19.2 Å². The molecule has 0 saturated heterocycles. The van der Waals surface area contributed by atoms with Crippen molar-refractivity contribution >= 4 is 11.8 Å². The van der Waals surface area contributed by atoms with E-state index in [2.05, 4.69) is 0 Å². The number of halogens is 1. The number of aryl methyl sites for hydroxylation is 1. The lowest BCUT2D eigenvalue weighted by Crippen LogP contribution is -2.22. The van der Waals surface area contributed by atoms with Crippen molar-refractivity contribution in [3.63, 3.8) is 0 Å². The molecule has 9 heteroatoms. The maximum absolute atomic E-state index is 14.2. The van der Waals surface area contributed by atoms with Crippen LogP contribution in [0.5, 0.6) is 5.75 Å². The van der Waals surface area contributed by atoms with Crippen molar-refractivity contribution < 1.29 is 23.5 Å². The molecule has 36 heavy (non-hydrogen) atoms. The second kappa shape index (κ2) is 9.69. The van der Waals surface area contributed by atoms with Gasteiger partial charge < -0.3 is 14.0 Å². The molecule has 0 N–H and O–H groups in total. The number of rotatable bonds is 7. The monoisotopic (exact) mass is 491 g/mol. The van der Waals surface area contributed by atoms with Gasteiger partial charge in [-0.25, -0.2) is 13.9 Å². The lowest BCUT2D eigenvalue weighted by Gasteiger charge is -2.09. The van der Waals surface area contributed by atoms with Gasteiger partial charge in [0.05, 0.1) is 24.1 Å². The Labute approximate surface area is 207 Å². The van der Waals surface area contributed by atoms with Gasteiger partial charge in [0.1, 0.15) is 17.3 Å². The molecule has 2 heterocycles. The normalized spacial score (nSPS) is 10.9. The van der Waals surface area contributed by atoms with Gasteiger partial charge >= 0.3 is 5.97 Å². The molecule has 0 radical (unpaired) electrons. The lowest BCUT2D eigenvalue weighted by molar-refractivity contribution is 0.0470. The molecule has 8 nitrogen and oxygen atoms in total. The Morgan fingerprint density at radius 3 is 2.28 bits per heavy atom. The summed E-state index contributed by atoms with van der Waals surface area (Å²) in [6, 6.07) is 14.7. The standard InChI is InChI=1S/C27H26FN3O5/c1-16-13-22(24(32)15-36-27(34)21-12-11-20(35-5)14-23(21)28)17(2)30(16)25-18(3)29(4)31(26(25)33)19-9-7-6-8-10-19/h6-14H,15H2,1-5H3. The summed E-state index contributed by atoms with van der Waals surface area (Å²) >= 11 is 0. The molecule has 186 valence electrons. The maximum Gasteiger partial charge on any atom is 0.341 e. The number of benzene rings is 2. The van der Waals surface area contributed by atoms with E-state index in [4.69, 9.17) is 9.47 Å². The summed E-state index contributed by atoms with van der Waals surface area (Å²) in [6.07, 6.45) is 0. The summed E-state index contributed by atoms with van der Waals surface area (Å²) in [7, 11) is 3.18. The maximum atomic E-state index is 14.2. The van der Waals surface area contributed by atoms with Gasteiger partial charge in [-0.3, -0.25) is 14.3 Å². The van der Waals surface area contributed by atoms with E-state index in [0.717, 1.165) is 11.8 Å². The third-order valence-electron chi connectivity index (χ3n) is 6.21. The number of aromatic nitrogens is 3. The van der Waals surface area contributed by atoms with Crippen molar-refractivity contribution in [3.05, 3.63) is 99.0 Å². The number of ketones is 1. The molecule has 2 aromatic heterocycles. The summed E-state index contributed by atoms with van der Waals surface area (Å²) in [4.78, 5) is 38.8. The van der Waals surface area contributed by atoms with Crippen molar-refractivity contribution in [1.82, 2.24) is 13.9 Å². The highest BCUT2D eigenvalue weighted by Crippen LogP contribution is 2.23. The van der Waals surface area contributed by atoms with Crippen LogP contribution in [0.4, 0.5) is 4.39 Å². The van der Waals surface area contributed by atoms with Crippen LogP contribution in [0.15, 0.2) is 59.4 Å². The molecule has 4 rings (SSSR count). The van der Waals surface area contributed by atoms with E-state index in [0.29, 0.717) is 28.3 Å². The average Bonchev–Trinajstić information content (AvgIpc) is 3.27. The zero-order valence-electron chi connectivity index (χ0n) is 20.7. The van der Waals surface area contributed by atoms with Gasteiger partial charge in [0, 0.05) is 30.1 Å². The average molecular weight is 492 g/mol. The van der Waals surface area contributed by atoms with Gasteiger partial charge in [-0.1, -0.05) is 18.2 Å².